The van der Waals surface area contributed by atoms with Crippen molar-refractivity contribution >= 4 is 11.6 Å². The molecule has 0 unspecified atom stereocenters. The highest BCUT2D eigenvalue weighted by Crippen LogP contribution is 2.27. The molecule has 0 radical (unpaired) electrons. The third kappa shape index (κ3) is 2.60. The Balaban J connectivity index is 2.19. The average Bonchev–Trinajstić information content (AvgIpc) is 2.86. The molecule has 2 aromatic heterocycles. The van der Waals surface area contributed by atoms with Crippen molar-refractivity contribution in [3.8, 4) is 11.3 Å². The number of hydrogen-bond acceptors (Lipinski definition) is 2. The molecule has 0 aliphatic rings. The number of rotatable bonds is 4. The number of aliphatic carboxylic acids is 1. The minimum absolute atomic E-state index is 0.0982. The van der Waals surface area contributed by atoms with Crippen LogP contribution in [0.5, 0.6) is 0 Å². The highest BCUT2D eigenvalue weighted by molar-refractivity contribution is 5.70. The fourth-order valence-electron chi connectivity index (χ4n) is 2.72. The molecule has 0 bridgehead atoms. The number of carbonyl (C=O) groups is 1. The lowest BCUT2D eigenvalue weighted by Crippen LogP contribution is -2.03. The summed E-state index contributed by atoms with van der Waals surface area (Å²) in [4.78, 5) is 15.7. The molecule has 0 amide bonds. The minimum atomic E-state index is -0.793. The lowest BCUT2D eigenvalue weighted by molar-refractivity contribution is -0.136. The molecule has 3 rings (SSSR count). The molecule has 3 aromatic rings. The van der Waals surface area contributed by atoms with Crippen LogP contribution in [0.2, 0.25) is 0 Å². The minimum Gasteiger partial charge on any atom is -0.481 e. The van der Waals surface area contributed by atoms with Crippen LogP contribution in [0.25, 0.3) is 16.9 Å². The highest BCUT2D eigenvalue weighted by atomic mass is 16.4. The SMILES string of the molecule is Cc1ccc(-c2nc3cccc(C)n3c2CCC(=O)O)cc1. The normalized spacial score (nSPS) is 11.0. The van der Waals surface area contributed by atoms with Gasteiger partial charge in [0, 0.05) is 17.7 Å². The van der Waals surface area contributed by atoms with Crippen molar-refractivity contribution < 1.29 is 9.90 Å². The largest absolute Gasteiger partial charge is 0.481 e. The number of pyridine rings is 1. The summed E-state index contributed by atoms with van der Waals surface area (Å²) in [5.74, 6) is -0.793. The Bertz CT molecular complexity index is 832. The van der Waals surface area contributed by atoms with Crippen molar-refractivity contribution in [1.29, 1.82) is 0 Å². The maximum absolute atomic E-state index is 11.0. The fourth-order valence-corrected chi connectivity index (χ4v) is 2.72. The molecule has 0 saturated heterocycles. The van der Waals surface area contributed by atoms with E-state index in [0.29, 0.717) is 6.42 Å². The van der Waals surface area contributed by atoms with Gasteiger partial charge in [0.05, 0.1) is 17.8 Å². The number of carboxylic acids is 1. The van der Waals surface area contributed by atoms with Crippen molar-refractivity contribution in [2.75, 3.05) is 0 Å². The summed E-state index contributed by atoms with van der Waals surface area (Å²) in [6, 6.07) is 14.1. The van der Waals surface area contributed by atoms with E-state index in [2.05, 4.69) is 4.40 Å². The van der Waals surface area contributed by atoms with Crippen LogP contribution >= 0.6 is 0 Å². The van der Waals surface area contributed by atoms with E-state index in [1.807, 2.05) is 56.3 Å². The second-order valence-electron chi connectivity index (χ2n) is 5.53. The summed E-state index contributed by atoms with van der Waals surface area (Å²) in [7, 11) is 0. The van der Waals surface area contributed by atoms with Gasteiger partial charge < -0.3 is 9.51 Å². The van der Waals surface area contributed by atoms with E-state index in [0.717, 1.165) is 28.3 Å². The maximum atomic E-state index is 11.0. The molecule has 0 aliphatic carbocycles. The maximum Gasteiger partial charge on any atom is 0.303 e. The lowest BCUT2D eigenvalue weighted by Gasteiger charge is -2.07. The molecule has 4 nitrogen and oxygen atoms in total. The lowest BCUT2D eigenvalue weighted by atomic mass is 10.1. The second kappa shape index (κ2) is 5.64. The predicted octanol–water partition coefficient (Wildman–Crippen LogP) is 3.64. The van der Waals surface area contributed by atoms with Gasteiger partial charge >= 0.3 is 5.97 Å². The van der Waals surface area contributed by atoms with Crippen LogP contribution in [-0.4, -0.2) is 20.5 Å². The molecular weight excluding hydrogens is 276 g/mol. The molecular formula is C18H18N2O2. The van der Waals surface area contributed by atoms with Gasteiger partial charge in [-0.1, -0.05) is 35.9 Å². The third-order valence-electron chi connectivity index (χ3n) is 3.83. The van der Waals surface area contributed by atoms with Crippen LogP contribution in [-0.2, 0) is 11.2 Å². The molecule has 4 heteroatoms. The van der Waals surface area contributed by atoms with E-state index in [9.17, 15) is 4.79 Å². The number of imidazole rings is 1. The Morgan fingerprint density at radius 2 is 1.86 bits per heavy atom. The van der Waals surface area contributed by atoms with Crippen LogP contribution in [0.1, 0.15) is 23.4 Å². The molecule has 1 aromatic carbocycles. The topological polar surface area (TPSA) is 54.6 Å². The van der Waals surface area contributed by atoms with E-state index in [1.165, 1.54) is 5.56 Å². The van der Waals surface area contributed by atoms with Gasteiger partial charge in [-0.05, 0) is 26.0 Å². The molecule has 22 heavy (non-hydrogen) atoms. The Kier molecular flexibility index (Phi) is 3.67. The standard InChI is InChI=1S/C18H18N2O2/c1-12-6-8-14(9-7-12)18-15(10-11-17(21)22)20-13(2)4-3-5-16(20)19-18/h3-9H,10-11H2,1-2H3,(H,21,22). The summed E-state index contributed by atoms with van der Waals surface area (Å²) < 4.78 is 2.05. The number of aryl methyl sites for hydroxylation is 3. The molecule has 0 spiro atoms. The predicted molar refractivity (Wildman–Crippen MR) is 86.1 cm³/mol. The summed E-state index contributed by atoms with van der Waals surface area (Å²) in [5, 5.41) is 9.02. The summed E-state index contributed by atoms with van der Waals surface area (Å²) >= 11 is 0. The number of aromatic nitrogens is 2. The van der Waals surface area contributed by atoms with Crippen LogP contribution < -0.4 is 0 Å². The second-order valence-corrected chi connectivity index (χ2v) is 5.53. The molecule has 0 aliphatic heterocycles. The van der Waals surface area contributed by atoms with Gasteiger partial charge in [-0.15, -0.1) is 0 Å². The van der Waals surface area contributed by atoms with Crippen LogP contribution in [0.4, 0.5) is 0 Å². The Morgan fingerprint density at radius 1 is 1.14 bits per heavy atom. The van der Waals surface area contributed by atoms with Gasteiger partial charge in [0.2, 0.25) is 0 Å². The Hall–Kier alpha value is -2.62. The first-order valence-corrected chi connectivity index (χ1v) is 7.32. The third-order valence-corrected chi connectivity index (χ3v) is 3.83. The Morgan fingerprint density at radius 3 is 2.55 bits per heavy atom. The fraction of sp³-hybridized carbons (Fsp3) is 0.222. The van der Waals surface area contributed by atoms with Crippen molar-refractivity contribution in [1.82, 2.24) is 9.38 Å². The quantitative estimate of drug-likeness (QED) is 0.799. The summed E-state index contributed by atoms with van der Waals surface area (Å²) in [6.45, 7) is 4.06. The van der Waals surface area contributed by atoms with E-state index in [-0.39, 0.29) is 6.42 Å². The van der Waals surface area contributed by atoms with Crippen LogP contribution in [0, 0.1) is 13.8 Å². The first-order chi connectivity index (χ1) is 10.6. The van der Waals surface area contributed by atoms with Gasteiger partial charge in [0.1, 0.15) is 5.65 Å². The average molecular weight is 294 g/mol. The zero-order valence-electron chi connectivity index (χ0n) is 12.7. The highest BCUT2D eigenvalue weighted by Gasteiger charge is 2.16. The van der Waals surface area contributed by atoms with Gasteiger partial charge in [0.25, 0.3) is 0 Å². The smallest absolute Gasteiger partial charge is 0.303 e. The van der Waals surface area contributed by atoms with Crippen molar-refractivity contribution in [2.45, 2.75) is 26.7 Å². The van der Waals surface area contributed by atoms with E-state index in [1.54, 1.807) is 0 Å². The molecule has 112 valence electrons. The number of benzene rings is 1. The zero-order valence-corrected chi connectivity index (χ0v) is 12.7. The van der Waals surface area contributed by atoms with Crippen LogP contribution in [0.3, 0.4) is 0 Å². The molecule has 0 saturated carbocycles. The number of fused-ring (bicyclic) bond motifs is 1. The van der Waals surface area contributed by atoms with Gasteiger partial charge in [0.15, 0.2) is 0 Å². The first kappa shape index (κ1) is 14.3. The monoisotopic (exact) mass is 294 g/mol. The van der Waals surface area contributed by atoms with Gasteiger partial charge in [-0.3, -0.25) is 4.79 Å². The van der Waals surface area contributed by atoms with Gasteiger partial charge in [-0.2, -0.15) is 0 Å². The van der Waals surface area contributed by atoms with Crippen LogP contribution in [0.15, 0.2) is 42.5 Å². The van der Waals surface area contributed by atoms with E-state index < -0.39 is 5.97 Å². The first-order valence-electron chi connectivity index (χ1n) is 7.32. The van der Waals surface area contributed by atoms with E-state index in [4.69, 9.17) is 10.1 Å². The molecule has 2 heterocycles. The molecule has 1 N–H and O–H groups in total. The van der Waals surface area contributed by atoms with Crippen molar-refractivity contribution in [3.05, 3.63) is 59.4 Å². The summed E-state index contributed by atoms with van der Waals surface area (Å²) in [6.07, 6.45) is 0.561. The van der Waals surface area contributed by atoms with Crippen molar-refractivity contribution in [2.24, 2.45) is 0 Å². The zero-order chi connectivity index (χ0) is 15.7. The number of hydrogen-bond donors (Lipinski definition) is 1. The van der Waals surface area contributed by atoms with E-state index >= 15 is 0 Å². The van der Waals surface area contributed by atoms with Crippen molar-refractivity contribution in [3.63, 3.8) is 0 Å². The number of carboxylic acid groups (broad SMARTS) is 1. The molecule has 0 atom stereocenters. The summed E-state index contributed by atoms with van der Waals surface area (Å²) in [5.41, 5.74) is 5.96. The van der Waals surface area contributed by atoms with Gasteiger partial charge in [-0.25, -0.2) is 4.98 Å². The number of nitrogens with zero attached hydrogens (tertiary/aromatic N) is 2. The Labute approximate surface area is 129 Å². The molecule has 0 fully saturated rings.